The molecule has 0 saturated carbocycles. The van der Waals surface area contributed by atoms with Gasteiger partial charge >= 0.3 is 0 Å². The summed E-state index contributed by atoms with van der Waals surface area (Å²) >= 11 is 0. The molecule has 0 saturated heterocycles. The molecule has 0 atom stereocenters. The van der Waals surface area contributed by atoms with Crippen LogP contribution in [0.25, 0.3) is 0 Å². The topological polar surface area (TPSA) is 62.3 Å². The molecule has 1 aromatic carbocycles. The standard InChI is InChI=1S/C20H23N3O2/c1-2-3-6-10-22-19(24)16-12-17(14-21-13-16)20(25)23-11-9-15-7-4-5-8-18(15)23/h4-5,7-8,12-14H,2-3,6,9-11H2,1H3,(H,22,24). The average molecular weight is 337 g/mol. The molecule has 3 rings (SSSR count). The lowest BCUT2D eigenvalue weighted by Gasteiger charge is -2.17. The summed E-state index contributed by atoms with van der Waals surface area (Å²) in [5.74, 6) is -0.293. The molecule has 2 aromatic rings. The number of hydrogen-bond acceptors (Lipinski definition) is 3. The van der Waals surface area contributed by atoms with Gasteiger partial charge in [0.15, 0.2) is 0 Å². The Morgan fingerprint density at radius 2 is 1.96 bits per heavy atom. The molecule has 1 aliphatic heterocycles. The number of anilines is 1. The monoisotopic (exact) mass is 337 g/mol. The third kappa shape index (κ3) is 3.87. The van der Waals surface area contributed by atoms with Crippen molar-refractivity contribution in [1.82, 2.24) is 10.3 Å². The molecule has 130 valence electrons. The maximum Gasteiger partial charge on any atom is 0.259 e. The van der Waals surface area contributed by atoms with Crippen LogP contribution in [0, 0.1) is 0 Å². The van der Waals surface area contributed by atoms with Crippen molar-refractivity contribution >= 4 is 17.5 Å². The Balaban J connectivity index is 1.71. The number of benzene rings is 1. The van der Waals surface area contributed by atoms with Crippen molar-refractivity contribution in [3.63, 3.8) is 0 Å². The summed E-state index contributed by atoms with van der Waals surface area (Å²) in [7, 11) is 0. The Labute approximate surface area is 148 Å². The van der Waals surface area contributed by atoms with Crippen molar-refractivity contribution in [2.45, 2.75) is 32.6 Å². The summed E-state index contributed by atoms with van der Waals surface area (Å²) in [6, 6.07) is 9.55. The normalized spacial score (nSPS) is 12.8. The van der Waals surface area contributed by atoms with Gasteiger partial charge in [0.25, 0.3) is 11.8 Å². The van der Waals surface area contributed by atoms with Gasteiger partial charge in [-0.1, -0.05) is 38.0 Å². The van der Waals surface area contributed by atoms with Gasteiger partial charge in [0.2, 0.25) is 0 Å². The molecule has 5 heteroatoms. The molecule has 0 unspecified atom stereocenters. The van der Waals surface area contributed by atoms with Crippen molar-refractivity contribution in [2.24, 2.45) is 0 Å². The molecule has 1 aliphatic rings. The van der Waals surface area contributed by atoms with Crippen molar-refractivity contribution in [2.75, 3.05) is 18.0 Å². The minimum atomic E-state index is -0.180. The molecule has 25 heavy (non-hydrogen) atoms. The Hall–Kier alpha value is -2.69. The van der Waals surface area contributed by atoms with Gasteiger partial charge in [-0.3, -0.25) is 14.6 Å². The molecule has 2 amide bonds. The molecule has 1 N–H and O–H groups in total. The predicted molar refractivity (Wildman–Crippen MR) is 97.9 cm³/mol. The van der Waals surface area contributed by atoms with Crippen LogP contribution in [-0.4, -0.2) is 29.9 Å². The third-order valence-corrected chi connectivity index (χ3v) is 4.45. The van der Waals surface area contributed by atoms with Gasteiger partial charge < -0.3 is 10.2 Å². The number of pyridine rings is 1. The fourth-order valence-electron chi connectivity index (χ4n) is 3.07. The number of rotatable bonds is 6. The van der Waals surface area contributed by atoms with Gasteiger partial charge in [0.05, 0.1) is 11.1 Å². The van der Waals surface area contributed by atoms with Gasteiger partial charge in [-0.05, 0) is 30.5 Å². The van der Waals surface area contributed by atoms with E-state index in [4.69, 9.17) is 0 Å². The fraction of sp³-hybridized carbons (Fsp3) is 0.350. The SMILES string of the molecule is CCCCCNC(=O)c1cncc(C(=O)N2CCc3ccccc32)c1. The lowest BCUT2D eigenvalue weighted by Crippen LogP contribution is -2.30. The highest BCUT2D eigenvalue weighted by Gasteiger charge is 2.25. The summed E-state index contributed by atoms with van der Waals surface area (Å²) < 4.78 is 0. The van der Waals surface area contributed by atoms with Crippen molar-refractivity contribution in [3.05, 3.63) is 59.4 Å². The number of aromatic nitrogens is 1. The molecule has 2 heterocycles. The largest absolute Gasteiger partial charge is 0.352 e. The summed E-state index contributed by atoms with van der Waals surface area (Å²) in [4.78, 5) is 30.9. The minimum absolute atomic E-state index is 0.113. The van der Waals surface area contributed by atoms with Crippen LogP contribution in [-0.2, 0) is 6.42 Å². The highest BCUT2D eigenvalue weighted by molar-refractivity contribution is 6.08. The van der Waals surface area contributed by atoms with Crippen LogP contribution in [0.5, 0.6) is 0 Å². The second kappa shape index (κ2) is 7.92. The lowest BCUT2D eigenvalue weighted by atomic mass is 10.1. The maximum absolute atomic E-state index is 12.8. The molecule has 0 spiro atoms. The summed E-state index contributed by atoms with van der Waals surface area (Å²) in [5, 5.41) is 2.88. The number of unbranched alkanes of at least 4 members (excludes halogenated alkanes) is 2. The third-order valence-electron chi connectivity index (χ3n) is 4.45. The van der Waals surface area contributed by atoms with E-state index in [9.17, 15) is 9.59 Å². The Morgan fingerprint density at radius 3 is 2.80 bits per heavy atom. The van der Waals surface area contributed by atoms with Crippen LogP contribution in [0.15, 0.2) is 42.7 Å². The number of carbonyl (C=O) groups is 2. The molecular weight excluding hydrogens is 314 g/mol. The number of fused-ring (bicyclic) bond motifs is 1. The predicted octanol–water partition coefficient (Wildman–Crippen LogP) is 3.20. The highest BCUT2D eigenvalue weighted by atomic mass is 16.2. The number of nitrogens with one attached hydrogen (secondary N) is 1. The zero-order chi connectivity index (χ0) is 17.6. The Morgan fingerprint density at radius 1 is 1.16 bits per heavy atom. The number of hydrogen-bond donors (Lipinski definition) is 1. The van der Waals surface area contributed by atoms with Gasteiger partial charge in [-0.25, -0.2) is 0 Å². The van der Waals surface area contributed by atoms with E-state index in [-0.39, 0.29) is 11.8 Å². The molecule has 0 aliphatic carbocycles. The van der Waals surface area contributed by atoms with Crippen molar-refractivity contribution in [3.8, 4) is 0 Å². The smallest absolute Gasteiger partial charge is 0.259 e. The molecule has 1 aromatic heterocycles. The second-order valence-electron chi connectivity index (χ2n) is 6.26. The first-order valence-corrected chi connectivity index (χ1v) is 8.83. The summed E-state index contributed by atoms with van der Waals surface area (Å²) in [5.41, 5.74) is 2.99. The van der Waals surface area contributed by atoms with Gasteiger partial charge in [-0.2, -0.15) is 0 Å². The zero-order valence-electron chi connectivity index (χ0n) is 14.5. The second-order valence-corrected chi connectivity index (χ2v) is 6.26. The van der Waals surface area contributed by atoms with E-state index in [1.54, 1.807) is 11.0 Å². The Bertz CT molecular complexity index is 773. The first-order valence-electron chi connectivity index (χ1n) is 8.83. The van der Waals surface area contributed by atoms with Gasteiger partial charge in [0, 0.05) is 31.2 Å². The zero-order valence-corrected chi connectivity index (χ0v) is 14.5. The van der Waals surface area contributed by atoms with E-state index >= 15 is 0 Å². The number of carbonyl (C=O) groups excluding carboxylic acids is 2. The van der Waals surface area contributed by atoms with Crippen LogP contribution in [0.2, 0.25) is 0 Å². The van der Waals surface area contributed by atoms with Crippen LogP contribution >= 0.6 is 0 Å². The quantitative estimate of drug-likeness (QED) is 0.823. The van der Waals surface area contributed by atoms with Crippen molar-refractivity contribution in [1.29, 1.82) is 0 Å². The van der Waals surface area contributed by atoms with Gasteiger partial charge in [-0.15, -0.1) is 0 Å². The fourth-order valence-corrected chi connectivity index (χ4v) is 3.07. The maximum atomic E-state index is 12.8. The average Bonchev–Trinajstić information content (AvgIpc) is 3.08. The molecule has 0 fully saturated rings. The number of nitrogens with zero attached hydrogens (tertiary/aromatic N) is 2. The van der Waals surface area contributed by atoms with E-state index in [2.05, 4.69) is 17.2 Å². The molecule has 0 radical (unpaired) electrons. The van der Waals surface area contributed by atoms with E-state index in [0.29, 0.717) is 24.2 Å². The first kappa shape index (κ1) is 17.1. The first-order chi connectivity index (χ1) is 12.2. The Kier molecular flexibility index (Phi) is 5.43. The summed E-state index contributed by atoms with van der Waals surface area (Å²) in [6.07, 6.45) is 7.04. The minimum Gasteiger partial charge on any atom is -0.352 e. The molecule has 0 bridgehead atoms. The lowest BCUT2D eigenvalue weighted by molar-refractivity contribution is 0.0952. The number of amides is 2. The van der Waals surface area contributed by atoms with E-state index in [1.165, 1.54) is 18.0 Å². The van der Waals surface area contributed by atoms with E-state index in [1.807, 2.05) is 24.3 Å². The van der Waals surface area contributed by atoms with Gasteiger partial charge in [0.1, 0.15) is 0 Å². The van der Waals surface area contributed by atoms with Crippen LogP contribution < -0.4 is 10.2 Å². The van der Waals surface area contributed by atoms with Crippen molar-refractivity contribution < 1.29 is 9.59 Å². The highest BCUT2D eigenvalue weighted by Crippen LogP contribution is 2.28. The van der Waals surface area contributed by atoms with Crippen LogP contribution in [0.3, 0.4) is 0 Å². The van der Waals surface area contributed by atoms with Crippen LogP contribution in [0.4, 0.5) is 5.69 Å². The molecule has 5 nitrogen and oxygen atoms in total. The number of para-hydroxylation sites is 1. The summed E-state index contributed by atoms with van der Waals surface area (Å²) in [6.45, 7) is 3.42. The van der Waals surface area contributed by atoms with Crippen LogP contribution in [0.1, 0.15) is 52.5 Å². The van der Waals surface area contributed by atoms with E-state index in [0.717, 1.165) is 31.4 Å². The van der Waals surface area contributed by atoms with E-state index < -0.39 is 0 Å². The molecular formula is C20H23N3O2.